The molecular weight excluding hydrogens is 427 g/mol. The van der Waals surface area contributed by atoms with Crippen LogP contribution >= 0.6 is 23.2 Å². The maximum absolute atomic E-state index is 12.4. The van der Waals surface area contributed by atoms with Crippen molar-refractivity contribution >= 4 is 35.3 Å². The van der Waals surface area contributed by atoms with E-state index in [0.717, 1.165) is 6.42 Å². The smallest absolute Gasteiger partial charge is 0.271 e. The second-order valence-electron chi connectivity index (χ2n) is 6.06. The molecule has 0 atom stereocenters. The number of amides is 1. The fourth-order valence-electron chi connectivity index (χ4n) is 2.41. The molecule has 2 rings (SSSR count). The Morgan fingerprint density at radius 3 is 2.47 bits per heavy atom. The molecule has 0 saturated carbocycles. The van der Waals surface area contributed by atoms with Gasteiger partial charge in [0, 0.05) is 5.56 Å². The maximum Gasteiger partial charge on any atom is 0.271 e. The first-order valence-electron chi connectivity index (χ1n) is 9.45. The minimum Gasteiger partial charge on any atom is -0.490 e. The summed E-state index contributed by atoms with van der Waals surface area (Å²) in [4.78, 5) is 12.4. The van der Waals surface area contributed by atoms with E-state index in [9.17, 15) is 4.79 Å². The van der Waals surface area contributed by atoms with Crippen LogP contribution in [0.5, 0.6) is 17.2 Å². The maximum atomic E-state index is 12.4. The SMILES string of the molecule is C=CCOc1c(Cl)cc(/C=N/NC(=O)c2ccc(OCCC)c(OCC)c2)cc1Cl. The van der Waals surface area contributed by atoms with Gasteiger partial charge in [-0.15, -0.1) is 0 Å². The van der Waals surface area contributed by atoms with E-state index >= 15 is 0 Å². The Morgan fingerprint density at radius 2 is 1.83 bits per heavy atom. The van der Waals surface area contributed by atoms with Crippen LogP contribution in [-0.2, 0) is 0 Å². The van der Waals surface area contributed by atoms with Crippen molar-refractivity contribution < 1.29 is 19.0 Å². The monoisotopic (exact) mass is 450 g/mol. The summed E-state index contributed by atoms with van der Waals surface area (Å²) in [7, 11) is 0. The molecule has 0 aliphatic rings. The second-order valence-corrected chi connectivity index (χ2v) is 6.87. The molecule has 2 aromatic rings. The zero-order valence-corrected chi connectivity index (χ0v) is 18.4. The topological polar surface area (TPSA) is 69.2 Å². The van der Waals surface area contributed by atoms with Gasteiger partial charge in [-0.05, 0) is 49.2 Å². The summed E-state index contributed by atoms with van der Waals surface area (Å²) < 4.78 is 16.6. The van der Waals surface area contributed by atoms with E-state index in [-0.39, 0.29) is 6.61 Å². The summed E-state index contributed by atoms with van der Waals surface area (Å²) >= 11 is 12.4. The van der Waals surface area contributed by atoms with Crippen molar-refractivity contribution in [1.29, 1.82) is 0 Å². The molecule has 30 heavy (non-hydrogen) atoms. The molecule has 0 spiro atoms. The normalized spacial score (nSPS) is 10.7. The van der Waals surface area contributed by atoms with Gasteiger partial charge in [0.05, 0.1) is 29.5 Å². The third-order valence-corrected chi connectivity index (χ3v) is 4.27. The van der Waals surface area contributed by atoms with Crippen molar-refractivity contribution in [2.24, 2.45) is 5.10 Å². The number of halogens is 2. The van der Waals surface area contributed by atoms with Crippen LogP contribution in [0.25, 0.3) is 0 Å². The average molecular weight is 451 g/mol. The first kappa shape index (κ1) is 23.6. The molecule has 0 radical (unpaired) electrons. The highest BCUT2D eigenvalue weighted by Crippen LogP contribution is 2.34. The Hall–Kier alpha value is -2.70. The van der Waals surface area contributed by atoms with E-state index < -0.39 is 5.91 Å². The summed E-state index contributed by atoms with van der Waals surface area (Å²) in [5.41, 5.74) is 3.47. The van der Waals surface area contributed by atoms with Crippen molar-refractivity contribution in [2.45, 2.75) is 20.3 Å². The van der Waals surface area contributed by atoms with E-state index in [2.05, 4.69) is 17.1 Å². The summed E-state index contributed by atoms with van der Waals surface area (Å²) in [6.07, 6.45) is 3.91. The van der Waals surface area contributed by atoms with E-state index in [1.165, 1.54) is 6.21 Å². The zero-order valence-electron chi connectivity index (χ0n) is 16.9. The molecule has 0 saturated heterocycles. The van der Waals surface area contributed by atoms with Gasteiger partial charge in [-0.2, -0.15) is 5.10 Å². The Morgan fingerprint density at radius 1 is 1.10 bits per heavy atom. The molecule has 160 valence electrons. The standard InChI is InChI=1S/C22H24Cl2N2O4/c1-4-9-29-19-8-7-16(13-20(19)28-6-3)22(27)26-25-14-15-11-17(23)21(18(24)12-15)30-10-5-2/h5,7-8,11-14H,2,4,6,9-10H2,1,3H3,(H,26,27)/b25-14+. The highest BCUT2D eigenvalue weighted by molar-refractivity contribution is 6.37. The lowest BCUT2D eigenvalue weighted by Gasteiger charge is -2.12. The van der Waals surface area contributed by atoms with Crippen molar-refractivity contribution in [3.63, 3.8) is 0 Å². The van der Waals surface area contributed by atoms with E-state index in [4.69, 9.17) is 37.4 Å². The quantitative estimate of drug-likeness (QED) is 0.278. The first-order valence-corrected chi connectivity index (χ1v) is 10.2. The van der Waals surface area contributed by atoms with Gasteiger partial charge in [0.15, 0.2) is 17.2 Å². The van der Waals surface area contributed by atoms with Crippen LogP contribution in [0.2, 0.25) is 10.0 Å². The van der Waals surface area contributed by atoms with E-state index in [0.29, 0.717) is 51.6 Å². The predicted octanol–water partition coefficient (Wildman–Crippen LogP) is 5.51. The Labute approximate surface area is 186 Å². The second kappa shape index (κ2) is 12.1. The highest BCUT2D eigenvalue weighted by Gasteiger charge is 2.12. The van der Waals surface area contributed by atoms with Crippen LogP contribution in [0.1, 0.15) is 36.2 Å². The number of benzene rings is 2. The molecule has 0 aliphatic heterocycles. The summed E-state index contributed by atoms with van der Waals surface area (Å²) in [5, 5.41) is 4.64. The fraction of sp³-hybridized carbons (Fsp3) is 0.273. The van der Waals surface area contributed by atoms with Crippen LogP contribution < -0.4 is 19.6 Å². The lowest BCUT2D eigenvalue weighted by Crippen LogP contribution is -2.17. The molecule has 6 nitrogen and oxygen atoms in total. The molecule has 0 unspecified atom stereocenters. The lowest BCUT2D eigenvalue weighted by molar-refractivity contribution is 0.0954. The van der Waals surface area contributed by atoms with Crippen LogP contribution in [0.15, 0.2) is 48.1 Å². The van der Waals surface area contributed by atoms with Crippen LogP contribution in [0.4, 0.5) is 0 Å². The van der Waals surface area contributed by atoms with Crippen LogP contribution in [-0.4, -0.2) is 31.9 Å². The van der Waals surface area contributed by atoms with Gasteiger partial charge in [0.1, 0.15) is 6.61 Å². The number of ether oxygens (including phenoxy) is 3. The third-order valence-electron chi connectivity index (χ3n) is 3.71. The summed E-state index contributed by atoms with van der Waals surface area (Å²) in [5.74, 6) is 1.09. The van der Waals surface area contributed by atoms with Crippen molar-refractivity contribution in [1.82, 2.24) is 5.43 Å². The average Bonchev–Trinajstić information content (AvgIpc) is 2.72. The molecule has 0 heterocycles. The minimum absolute atomic E-state index is 0.287. The van der Waals surface area contributed by atoms with Crippen LogP contribution in [0.3, 0.4) is 0 Å². The number of nitrogens with one attached hydrogen (secondary N) is 1. The lowest BCUT2D eigenvalue weighted by atomic mass is 10.2. The highest BCUT2D eigenvalue weighted by atomic mass is 35.5. The first-order chi connectivity index (χ1) is 14.5. The van der Waals surface area contributed by atoms with Gasteiger partial charge in [-0.1, -0.05) is 42.8 Å². The molecule has 0 aromatic heterocycles. The number of hydrogen-bond donors (Lipinski definition) is 1. The number of carbonyl (C=O) groups is 1. The van der Waals surface area contributed by atoms with Gasteiger partial charge in [0.25, 0.3) is 5.91 Å². The molecule has 0 bridgehead atoms. The molecule has 0 fully saturated rings. The largest absolute Gasteiger partial charge is 0.490 e. The van der Waals surface area contributed by atoms with Crippen LogP contribution in [0, 0.1) is 0 Å². The van der Waals surface area contributed by atoms with Gasteiger partial charge in [-0.25, -0.2) is 5.43 Å². The van der Waals surface area contributed by atoms with Crippen molar-refractivity contribution in [2.75, 3.05) is 19.8 Å². The van der Waals surface area contributed by atoms with Crippen molar-refractivity contribution in [3.05, 3.63) is 64.2 Å². The number of nitrogens with zero attached hydrogens (tertiary/aromatic N) is 1. The number of carbonyl (C=O) groups excluding carboxylic acids is 1. The van der Waals surface area contributed by atoms with Gasteiger partial charge in [-0.3, -0.25) is 4.79 Å². The van der Waals surface area contributed by atoms with Gasteiger partial charge < -0.3 is 14.2 Å². The molecular formula is C22H24Cl2N2O4. The zero-order chi connectivity index (χ0) is 21.9. The number of hydrogen-bond acceptors (Lipinski definition) is 5. The molecule has 2 aromatic carbocycles. The summed E-state index contributed by atoms with van der Waals surface area (Å²) in [6.45, 7) is 8.78. The van der Waals surface area contributed by atoms with Gasteiger partial charge >= 0.3 is 0 Å². The van der Waals surface area contributed by atoms with E-state index in [1.54, 1.807) is 36.4 Å². The number of hydrazone groups is 1. The summed E-state index contributed by atoms with van der Waals surface area (Å²) in [6, 6.07) is 8.25. The number of rotatable bonds is 11. The Balaban J connectivity index is 2.08. The van der Waals surface area contributed by atoms with Crippen molar-refractivity contribution in [3.8, 4) is 17.2 Å². The Kier molecular flexibility index (Phi) is 9.51. The third kappa shape index (κ3) is 6.68. The molecule has 1 amide bonds. The minimum atomic E-state index is -0.391. The molecule has 8 heteroatoms. The molecule has 1 N–H and O–H groups in total. The molecule has 0 aliphatic carbocycles. The Bertz CT molecular complexity index is 893. The van der Waals surface area contributed by atoms with Gasteiger partial charge in [0.2, 0.25) is 0 Å². The fourth-order valence-corrected chi connectivity index (χ4v) is 3.03. The van der Waals surface area contributed by atoms with E-state index in [1.807, 2.05) is 13.8 Å². The predicted molar refractivity (Wildman–Crippen MR) is 121 cm³/mol.